The third-order valence-electron chi connectivity index (χ3n) is 10.4. The van der Waals surface area contributed by atoms with Gasteiger partial charge in [-0.1, -0.05) is 0 Å². The number of urea groups is 1. The number of piperidine rings is 1. The lowest BCUT2D eigenvalue weighted by Gasteiger charge is -2.54. The first-order valence-electron chi connectivity index (χ1n) is 16.4. The number of amides is 3. The van der Waals surface area contributed by atoms with Crippen LogP contribution in [0.15, 0.2) is 24.5 Å². The predicted octanol–water partition coefficient (Wildman–Crippen LogP) is 4.55. The van der Waals surface area contributed by atoms with Gasteiger partial charge in [0.2, 0.25) is 0 Å². The molecular formula is C33H47FN8O3. The number of carbonyl (C=O) groups is 2. The van der Waals surface area contributed by atoms with E-state index in [-0.39, 0.29) is 52.2 Å². The van der Waals surface area contributed by atoms with Gasteiger partial charge in [-0.25, -0.2) is 14.2 Å². The maximum Gasteiger partial charge on any atom is 0.317 e. The molecule has 2 spiro atoms. The zero-order valence-electron chi connectivity index (χ0n) is 27.3. The zero-order chi connectivity index (χ0) is 31.9. The summed E-state index contributed by atoms with van der Waals surface area (Å²) in [5.74, 6) is 0.920. The molecule has 1 N–H and O–H groups in total. The van der Waals surface area contributed by atoms with Crippen LogP contribution in [-0.2, 0) is 0 Å². The second-order valence-electron chi connectivity index (χ2n) is 14.4. The molecule has 1 aliphatic carbocycles. The van der Waals surface area contributed by atoms with Gasteiger partial charge in [0.15, 0.2) is 5.82 Å². The summed E-state index contributed by atoms with van der Waals surface area (Å²) in [6.45, 7) is 13.6. The number of aromatic nitrogens is 3. The monoisotopic (exact) mass is 622 g/mol. The molecule has 4 heterocycles. The summed E-state index contributed by atoms with van der Waals surface area (Å²) in [7, 11) is 1.88. The van der Waals surface area contributed by atoms with Crippen LogP contribution >= 0.6 is 0 Å². The Morgan fingerprint density at radius 3 is 2.40 bits per heavy atom. The van der Waals surface area contributed by atoms with Gasteiger partial charge in [0.05, 0.1) is 11.1 Å². The van der Waals surface area contributed by atoms with Crippen LogP contribution in [0.3, 0.4) is 0 Å². The molecule has 1 saturated carbocycles. The smallest absolute Gasteiger partial charge is 0.317 e. The predicted molar refractivity (Wildman–Crippen MR) is 169 cm³/mol. The van der Waals surface area contributed by atoms with Gasteiger partial charge in [0.25, 0.3) is 11.8 Å². The molecule has 12 heteroatoms. The highest BCUT2D eigenvalue weighted by Crippen LogP contribution is 2.45. The molecule has 0 atom stereocenters. The molecule has 4 fully saturated rings. The van der Waals surface area contributed by atoms with Crippen molar-refractivity contribution >= 4 is 17.8 Å². The molecule has 3 aliphatic heterocycles. The van der Waals surface area contributed by atoms with Crippen LogP contribution in [0.5, 0.6) is 11.6 Å². The summed E-state index contributed by atoms with van der Waals surface area (Å²) < 4.78 is 20.5. The molecule has 0 radical (unpaired) electrons. The van der Waals surface area contributed by atoms with E-state index in [9.17, 15) is 14.0 Å². The Labute approximate surface area is 265 Å². The van der Waals surface area contributed by atoms with Crippen LogP contribution in [0, 0.1) is 17.2 Å². The topological polar surface area (TPSA) is 107 Å². The van der Waals surface area contributed by atoms with Crippen molar-refractivity contribution in [3.8, 4) is 11.6 Å². The maximum atomic E-state index is 14.3. The van der Waals surface area contributed by atoms with Crippen LogP contribution in [0.4, 0.5) is 15.0 Å². The molecule has 11 nitrogen and oxygen atoms in total. The first-order chi connectivity index (χ1) is 21.5. The largest absolute Gasteiger partial charge is 0.434 e. The Morgan fingerprint density at radius 1 is 1.09 bits per heavy atom. The van der Waals surface area contributed by atoms with E-state index < -0.39 is 5.82 Å². The van der Waals surface area contributed by atoms with Crippen LogP contribution in [0.1, 0.15) is 76.6 Å². The zero-order valence-corrected chi connectivity index (χ0v) is 27.3. The number of halogens is 1. The third kappa shape index (κ3) is 6.43. The van der Waals surface area contributed by atoms with E-state index in [0.717, 1.165) is 65.0 Å². The van der Waals surface area contributed by atoms with Crippen molar-refractivity contribution in [3.63, 3.8) is 0 Å². The lowest BCUT2D eigenvalue weighted by molar-refractivity contribution is 0.0584. The van der Waals surface area contributed by atoms with Gasteiger partial charge in [-0.2, -0.15) is 0 Å². The van der Waals surface area contributed by atoms with Gasteiger partial charge in [-0.3, -0.25) is 4.79 Å². The number of ether oxygens (including phenoxy) is 1. The van der Waals surface area contributed by atoms with Gasteiger partial charge in [-0.05, 0) is 103 Å². The number of rotatable bonds is 8. The summed E-state index contributed by atoms with van der Waals surface area (Å²) >= 11 is 0. The molecule has 1 aromatic carbocycles. The van der Waals surface area contributed by atoms with Gasteiger partial charge < -0.3 is 29.7 Å². The van der Waals surface area contributed by atoms with Crippen molar-refractivity contribution < 1.29 is 18.7 Å². The fourth-order valence-electron chi connectivity index (χ4n) is 8.00. The normalized spacial score (nSPS) is 24.8. The van der Waals surface area contributed by atoms with Gasteiger partial charge in [0, 0.05) is 50.7 Å². The number of likely N-dealkylation sites (tertiary alicyclic amines) is 1. The van der Waals surface area contributed by atoms with Crippen molar-refractivity contribution in [1.82, 2.24) is 35.2 Å². The molecule has 4 aliphatic rings. The Kier molecular flexibility index (Phi) is 8.62. The minimum absolute atomic E-state index is 0.0155. The highest BCUT2D eigenvalue weighted by atomic mass is 19.1. The van der Waals surface area contributed by atoms with E-state index in [0.29, 0.717) is 11.7 Å². The van der Waals surface area contributed by atoms with Crippen molar-refractivity contribution in [1.29, 1.82) is 0 Å². The molecule has 6 rings (SSSR count). The molecule has 0 bridgehead atoms. The molecule has 2 aromatic rings. The lowest BCUT2D eigenvalue weighted by Crippen LogP contribution is -2.61. The van der Waals surface area contributed by atoms with E-state index >= 15 is 0 Å². The molecule has 3 amide bonds. The highest BCUT2D eigenvalue weighted by molar-refractivity contribution is 5.97. The van der Waals surface area contributed by atoms with Crippen LogP contribution < -0.4 is 15.0 Å². The first-order valence-corrected chi connectivity index (χ1v) is 16.4. The molecule has 1 aromatic heterocycles. The van der Waals surface area contributed by atoms with Crippen LogP contribution in [0.25, 0.3) is 0 Å². The number of carbonyl (C=O) groups excluding carboxylic acids is 2. The maximum absolute atomic E-state index is 14.3. The molecule has 0 unspecified atom stereocenters. The summed E-state index contributed by atoms with van der Waals surface area (Å²) in [4.78, 5) is 38.4. The fourth-order valence-corrected chi connectivity index (χ4v) is 8.00. The fraction of sp³-hybridized carbons (Fsp3) is 0.667. The Bertz CT molecular complexity index is 1390. The second-order valence-corrected chi connectivity index (χ2v) is 14.4. The SMILES string of the molecule is CC(C)N(C(=O)c1cc(F)ccc1Oc1nncnc1N1CC2(CCN(CC3CCC4(CC3)CN(C)C(=O)N4)CC2)C1)C(C)C. The number of likely N-dealkylation sites (N-methyl/N-ethyl adjacent to an activating group) is 1. The molecule has 244 valence electrons. The lowest BCUT2D eigenvalue weighted by atomic mass is 9.71. The van der Waals surface area contributed by atoms with Gasteiger partial charge >= 0.3 is 6.03 Å². The van der Waals surface area contributed by atoms with E-state index in [1.807, 2.05) is 39.6 Å². The number of nitrogens with one attached hydrogen (secondary N) is 1. The second kappa shape index (κ2) is 12.3. The van der Waals surface area contributed by atoms with Crippen molar-refractivity contribution in [2.75, 3.05) is 51.2 Å². The van der Waals surface area contributed by atoms with E-state index in [4.69, 9.17) is 4.74 Å². The highest BCUT2D eigenvalue weighted by Gasteiger charge is 2.47. The van der Waals surface area contributed by atoms with Gasteiger partial charge in [-0.15, -0.1) is 10.2 Å². The summed E-state index contributed by atoms with van der Waals surface area (Å²) in [6, 6.07) is 3.92. The van der Waals surface area contributed by atoms with Crippen LogP contribution in [0.2, 0.25) is 0 Å². The van der Waals surface area contributed by atoms with E-state index in [1.54, 1.807) is 4.90 Å². The molecule has 45 heavy (non-hydrogen) atoms. The summed E-state index contributed by atoms with van der Waals surface area (Å²) in [6.07, 6.45) is 8.15. The molecular weight excluding hydrogens is 575 g/mol. The van der Waals surface area contributed by atoms with Gasteiger partial charge in [0.1, 0.15) is 17.9 Å². The molecule has 3 saturated heterocycles. The summed E-state index contributed by atoms with van der Waals surface area (Å²) in [5, 5.41) is 11.4. The first kappa shape index (κ1) is 31.4. The number of benzene rings is 1. The minimum Gasteiger partial charge on any atom is -0.434 e. The van der Waals surface area contributed by atoms with E-state index in [1.165, 1.54) is 37.4 Å². The quantitative estimate of drug-likeness (QED) is 0.457. The minimum atomic E-state index is -0.505. The van der Waals surface area contributed by atoms with E-state index in [2.05, 4.69) is 30.3 Å². The average molecular weight is 623 g/mol. The summed E-state index contributed by atoms with van der Waals surface area (Å²) in [5.41, 5.74) is 0.369. The Hall–Kier alpha value is -3.54. The number of nitrogens with zero attached hydrogens (tertiary/aromatic N) is 7. The van der Waals surface area contributed by atoms with Crippen molar-refractivity contribution in [2.45, 2.75) is 83.8 Å². The third-order valence-corrected chi connectivity index (χ3v) is 10.4. The van der Waals surface area contributed by atoms with Crippen LogP contribution in [-0.4, -0.2) is 106 Å². The number of hydrogen-bond acceptors (Lipinski definition) is 8. The Balaban J connectivity index is 1.05. The number of anilines is 1. The van der Waals surface area contributed by atoms with Crippen molar-refractivity contribution in [3.05, 3.63) is 35.9 Å². The standard InChI is InChI=1S/C33H47FN8O3/c1-22(2)42(23(3)4)30(43)26-16-25(34)6-7-27(26)45-29-28(35-21-36-38-29)41-18-32(19-41)12-14-40(15-13-32)17-24-8-10-33(11-9-24)20-39(5)31(44)37-33/h6-7,16,21-24H,8-15,17-20H2,1-5H3,(H,37,44). The Morgan fingerprint density at radius 2 is 1.78 bits per heavy atom. The average Bonchev–Trinajstić information content (AvgIpc) is 3.26. The van der Waals surface area contributed by atoms with Crippen molar-refractivity contribution in [2.24, 2.45) is 11.3 Å². The number of hydrogen-bond donors (Lipinski definition) is 1.